The molecule has 11 heteroatoms. The molecule has 2 atom stereocenters. The number of hydrogen-bond donors (Lipinski definition) is 0. The quantitative estimate of drug-likeness (QED) is 0.284. The Labute approximate surface area is 281 Å². The summed E-state index contributed by atoms with van der Waals surface area (Å²) in [6, 6.07) is 15.5. The molecule has 3 aromatic rings. The maximum absolute atomic E-state index is 12.7. The van der Waals surface area contributed by atoms with Gasteiger partial charge in [-0.3, -0.25) is 4.79 Å². The molecule has 4 aliphatic rings. The maximum Gasteiger partial charge on any atom is 0.318 e. The first-order valence-corrected chi connectivity index (χ1v) is 17.0. The van der Waals surface area contributed by atoms with Crippen LogP contribution in [0.5, 0.6) is 6.01 Å². The summed E-state index contributed by atoms with van der Waals surface area (Å²) in [5, 5.41) is 12.5. The molecule has 2 saturated heterocycles. The Bertz CT molecular complexity index is 1710. The average Bonchev–Trinajstić information content (AvgIpc) is 3.91. The van der Waals surface area contributed by atoms with E-state index in [4.69, 9.17) is 31.0 Å². The number of piperazine rings is 1. The Morgan fingerprint density at radius 1 is 1.23 bits per heavy atom. The summed E-state index contributed by atoms with van der Waals surface area (Å²) in [7, 11) is 2.19. The van der Waals surface area contributed by atoms with E-state index in [0.717, 1.165) is 51.5 Å². The van der Waals surface area contributed by atoms with E-state index in [-0.39, 0.29) is 29.8 Å². The van der Waals surface area contributed by atoms with Crippen LogP contribution in [0.1, 0.15) is 37.4 Å². The smallest absolute Gasteiger partial charge is 0.318 e. The van der Waals surface area contributed by atoms with E-state index in [9.17, 15) is 10.1 Å². The second-order valence-corrected chi connectivity index (χ2v) is 14.1. The topological polar surface area (TPSA) is 98.1 Å². The van der Waals surface area contributed by atoms with Gasteiger partial charge in [0.15, 0.2) is 0 Å². The number of fused-ring (bicyclic) bond motifs is 2. The van der Waals surface area contributed by atoms with Crippen molar-refractivity contribution in [1.29, 1.82) is 5.26 Å². The summed E-state index contributed by atoms with van der Waals surface area (Å²) in [6.07, 6.45) is 4.79. The van der Waals surface area contributed by atoms with Crippen LogP contribution in [0.15, 0.2) is 49.1 Å². The van der Waals surface area contributed by atoms with Crippen molar-refractivity contribution in [2.45, 2.75) is 57.3 Å². The Hall–Kier alpha value is -3.91. The first-order valence-electron chi connectivity index (χ1n) is 16.6. The summed E-state index contributed by atoms with van der Waals surface area (Å²) in [4.78, 5) is 31.6. The van der Waals surface area contributed by atoms with Crippen molar-refractivity contribution in [3.8, 4) is 12.1 Å². The molecule has 1 saturated carbocycles. The van der Waals surface area contributed by atoms with Crippen molar-refractivity contribution in [3.05, 3.63) is 65.3 Å². The summed E-state index contributed by atoms with van der Waals surface area (Å²) < 4.78 is 12.2. The number of rotatable bonds is 10. The number of nitrogens with zero attached hydrogens (tertiary/aromatic N) is 7. The molecule has 4 heterocycles. The first kappa shape index (κ1) is 31.7. The van der Waals surface area contributed by atoms with Crippen molar-refractivity contribution in [1.82, 2.24) is 19.8 Å². The highest BCUT2D eigenvalue weighted by Crippen LogP contribution is 2.40. The van der Waals surface area contributed by atoms with Crippen molar-refractivity contribution in [2.75, 3.05) is 62.8 Å². The predicted octanol–water partition coefficient (Wildman–Crippen LogP) is 4.84. The van der Waals surface area contributed by atoms with Gasteiger partial charge < -0.3 is 29.1 Å². The van der Waals surface area contributed by atoms with Gasteiger partial charge in [-0.15, -0.1) is 0 Å². The maximum atomic E-state index is 12.7. The molecular weight excluding hydrogens is 614 g/mol. The van der Waals surface area contributed by atoms with Crippen molar-refractivity contribution in [3.63, 3.8) is 0 Å². The van der Waals surface area contributed by atoms with E-state index in [0.29, 0.717) is 58.1 Å². The lowest BCUT2D eigenvalue weighted by atomic mass is 9.86. The third-order valence-electron chi connectivity index (χ3n) is 10.2. The number of ether oxygens (including phenoxy) is 2. The van der Waals surface area contributed by atoms with E-state index in [2.05, 4.69) is 65.6 Å². The van der Waals surface area contributed by atoms with Gasteiger partial charge in [-0.1, -0.05) is 42.4 Å². The largest absolute Gasteiger partial charge is 0.463 e. The zero-order valence-corrected chi connectivity index (χ0v) is 28.0. The molecule has 1 amide bonds. The molecule has 0 radical (unpaired) electrons. The van der Waals surface area contributed by atoms with Crippen molar-refractivity contribution in [2.24, 2.45) is 5.41 Å². The molecule has 0 N–H and O–H groups in total. The zero-order chi connectivity index (χ0) is 32.7. The molecule has 246 valence electrons. The van der Waals surface area contributed by atoms with Gasteiger partial charge in [-0.05, 0) is 56.8 Å². The number of amides is 1. The van der Waals surface area contributed by atoms with Gasteiger partial charge in [-0.25, -0.2) is 0 Å². The Kier molecular flexibility index (Phi) is 8.73. The van der Waals surface area contributed by atoms with Crippen LogP contribution < -0.4 is 14.5 Å². The number of carbonyl (C=O) groups excluding carboxylic acids is 1. The molecule has 2 unspecified atom stereocenters. The minimum absolute atomic E-state index is 0.0917. The molecule has 0 bridgehead atoms. The number of benzene rings is 2. The minimum Gasteiger partial charge on any atom is -0.463 e. The highest BCUT2D eigenvalue weighted by Gasteiger charge is 2.43. The monoisotopic (exact) mass is 655 g/mol. The standard InChI is InChI=1S/C36H42ClN7O3/c1-4-32(45)43-16-15-42(18-27(43)13-14-38)34-28-17-24(2)44(31-10-6-8-25-7-5-9-29(37)33(25)31)19-30(28)39-35(40-34)47-23-36(21-46-22-36)20-41(3)26-11-12-26/h4-10,24,26-27H,1,11-13,15-23H2,2-3H3. The fourth-order valence-electron chi connectivity index (χ4n) is 7.46. The molecular formula is C36H42ClN7O3. The fourth-order valence-corrected chi connectivity index (χ4v) is 7.74. The molecule has 47 heavy (non-hydrogen) atoms. The van der Waals surface area contributed by atoms with Crippen LogP contribution >= 0.6 is 11.6 Å². The number of aromatic nitrogens is 2. The van der Waals surface area contributed by atoms with Gasteiger partial charge >= 0.3 is 6.01 Å². The highest BCUT2D eigenvalue weighted by atomic mass is 35.5. The Morgan fingerprint density at radius 3 is 2.72 bits per heavy atom. The van der Waals surface area contributed by atoms with Gasteiger partial charge in [0.25, 0.3) is 0 Å². The van der Waals surface area contributed by atoms with Gasteiger partial charge in [0.2, 0.25) is 5.91 Å². The molecule has 0 spiro atoms. The normalized spacial score (nSPS) is 22.1. The number of hydrogen-bond acceptors (Lipinski definition) is 9. The van der Waals surface area contributed by atoms with E-state index in [1.54, 1.807) is 4.90 Å². The summed E-state index contributed by atoms with van der Waals surface area (Å²) in [6.45, 7) is 10.7. The van der Waals surface area contributed by atoms with Crippen LogP contribution in [0, 0.1) is 16.7 Å². The lowest BCUT2D eigenvalue weighted by Crippen LogP contribution is -2.55. The average molecular weight is 656 g/mol. The third-order valence-corrected chi connectivity index (χ3v) is 10.5. The van der Waals surface area contributed by atoms with Crippen LogP contribution in [0.25, 0.3) is 10.8 Å². The van der Waals surface area contributed by atoms with Crippen molar-refractivity contribution < 1.29 is 14.3 Å². The SMILES string of the molecule is C=CC(=O)N1CCN(c2nc(OCC3(CN(C)C4CC4)COC3)nc3c2CC(C)N(c2cccc4cccc(Cl)c24)C3)CC1CC#N. The van der Waals surface area contributed by atoms with Crippen LogP contribution in [0.4, 0.5) is 11.5 Å². The first-order chi connectivity index (χ1) is 22.8. The Balaban J connectivity index is 1.23. The summed E-state index contributed by atoms with van der Waals surface area (Å²) in [5.41, 5.74) is 2.99. The molecule has 3 fully saturated rings. The van der Waals surface area contributed by atoms with Crippen LogP contribution in [-0.2, 0) is 22.5 Å². The molecule has 1 aromatic heterocycles. The molecule has 10 nitrogen and oxygen atoms in total. The van der Waals surface area contributed by atoms with Crippen LogP contribution in [0.2, 0.25) is 5.02 Å². The van der Waals surface area contributed by atoms with Gasteiger partial charge in [0.05, 0.1) is 54.4 Å². The van der Waals surface area contributed by atoms with Gasteiger partial charge in [-0.2, -0.15) is 15.2 Å². The zero-order valence-electron chi connectivity index (χ0n) is 27.2. The van der Waals surface area contributed by atoms with Gasteiger partial charge in [0.1, 0.15) is 12.4 Å². The minimum atomic E-state index is -0.266. The van der Waals surface area contributed by atoms with E-state index < -0.39 is 0 Å². The van der Waals surface area contributed by atoms with Gasteiger partial charge in [0, 0.05) is 54.9 Å². The lowest BCUT2D eigenvalue weighted by Gasteiger charge is -2.44. The molecule has 1 aliphatic carbocycles. The molecule has 2 aromatic carbocycles. The van der Waals surface area contributed by atoms with E-state index >= 15 is 0 Å². The van der Waals surface area contributed by atoms with E-state index in [1.165, 1.54) is 18.9 Å². The fraction of sp³-hybridized carbons (Fsp3) is 0.500. The van der Waals surface area contributed by atoms with Crippen LogP contribution in [-0.4, -0.2) is 96.8 Å². The molecule has 7 rings (SSSR count). The molecule has 3 aliphatic heterocycles. The highest BCUT2D eigenvalue weighted by molar-refractivity contribution is 6.36. The summed E-state index contributed by atoms with van der Waals surface area (Å²) >= 11 is 6.78. The number of halogens is 1. The second kappa shape index (κ2) is 12.9. The lowest BCUT2D eigenvalue weighted by molar-refractivity contribution is -0.143. The number of anilines is 2. The second-order valence-electron chi connectivity index (χ2n) is 13.7. The number of carbonyl (C=O) groups is 1. The van der Waals surface area contributed by atoms with Crippen LogP contribution in [0.3, 0.4) is 0 Å². The Morgan fingerprint density at radius 2 is 2.02 bits per heavy atom. The van der Waals surface area contributed by atoms with Crippen molar-refractivity contribution >= 4 is 39.8 Å². The summed E-state index contributed by atoms with van der Waals surface area (Å²) in [5.74, 6) is 0.677. The predicted molar refractivity (Wildman–Crippen MR) is 183 cm³/mol. The number of nitriles is 1. The third kappa shape index (κ3) is 6.24. The van der Waals surface area contributed by atoms with E-state index in [1.807, 2.05) is 12.1 Å².